The van der Waals surface area contributed by atoms with Gasteiger partial charge in [0.05, 0.1) is 6.10 Å². The van der Waals surface area contributed by atoms with E-state index in [4.69, 9.17) is 16.3 Å². The van der Waals surface area contributed by atoms with Crippen LogP contribution in [0, 0.1) is 5.92 Å². The first-order valence-corrected chi connectivity index (χ1v) is 6.82. The maximum absolute atomic E-state index is 5.85. The summed E-state index contributed by atoms with van der Waals surface area (Å²) in [7, 11) is 1.72. The maximum atomic E-state index is 5.85. The van der Waals surface area contributed by atoms with Gasteiger partial charge in [0.2, 0.25) is 0 Å². The lowest BCUT2D eigenvalue weighted by Gasteiger charge is -2.24. The Balaban J connectivity index is 2.08. The summed E-state index contributed by atoms with van der Waals surface area (Å²) in [6.45, 7) is 0. The highest BCUT2D eigenvalue weighted by molar-refractivity contribution is 6.53. The van der Waals surface area contributed by atoms with Crippen LogP contribution in [0.4, 0.5) is 0 Å². The molecule has 0 radical (unpaired) electrons. The van der Waals surface area contributed by atoms with Crippen molar-refractivity contribution in [2.24, 2.45) is 5.92 Å². The molecule has 12 heavy (non-hydrogen) atoms. The van der Waals surface area contributed by atoms with E-state index in [1.807, 2.05) is 7.11 Å². The normalized spacial score (nSPS) is 45.2. The molecule has 1 nitrogen and oxygen atoms in total. The summed E-state index contributed by atoms with van der Waals surface area (Å²) < 4.78 is 5.44. The molecule has 0 heterocycles. The molecule has 0 spiro atoms. The zero-order chi connectivity index (χ0) is 8.60. The maximum Gasteiger partial charge on any atom is 0.0639 e. The lowest BCUT2D eigenvalue weighted by atomic mass is 10.0. The second-order valence-corrected chi connectivity index (χ2v) is 7.43. The van der Waals surface area contributed by atoms with Crippen LogP contribution in [-0.4, -0.2) is 28.2 Å². The minimum Gasteiger partial charge on any atom is -0.381 e. The summed E-state index contributed by atoms with van der Waals surface area (Å²) in [5.41, 5.74) is 0.910. The Kier molecular flexibility index (Phi) is 2.32. The van der Waals surface area contributed by atoms with Gasteiger partial charge in [-0.15, -0.1) is 11.6 Å². The minimum atomic E-state index is -0.110. The van der Waals surface area contributed by atoms with Gasteiger partial charge < -0.3 is 4.74 Å². The van der Waals surface area contributed by atoms with Gasteiger partial charge in [0.25, 0.3) is 0 Å². The number of allylic oxidation sites excluding steroid dienone is 1. The topological polar surface area (TPSA) is 9.23 Å². The summed E-state index contributed by atoms with van der Waals surface area (Å²) >= 11 is 5.85. The lowest BCUT2D eigenvalue weighted by molar-refractivity contribution is 0.0829. The third-order valence-corrected chi connectivity index (χ3v) is 5.88. The molecule has 2 aliphatic carbocycles. The molecule has 3 heteroatoms. The molecule has 2 bridgehead atoms. The lowest BCUT2D eigenvalue weighted by Crippen LogP contribution is -2.20. The number of rotatable bonds is 3. The van der Waals surface area contributed by atoms with Gasteiger partial charge in [-0.3, -0.25) is 0 Å². The van der Waals surface area contributed by atoms with Crippen molar-refractivity contribution in [3.05, 3.63) is 12.2 Å². The summed E-state index contributed by atoms with van der Waals surface area (Å²) in [6.07, 6.45) is 7.82. The third kappa shape index (κ3) is 1.26. The first-order valence-electron chi connectivity index (χ1n) is 4.58. The molecule has 0 aromatic carbocycles. The Hall–Kier alpha value is 0.207. The highest BCUT2D eigenvalue weighted by Crippen LogP contribution is 2.55. The Morgan fingerprint density at radius 3 is 3.08 bits per heavy atom. The molecule has 1 fully saturated rings. The Labute approximate surface area is 80.9 Å². The summed E-state index contributed by atoms with van der Waals surface area (Å²) in [5.74, 6) is 0.700. The van der Waals surface area contributed by atoms with Crippen molar-refractivity contribution in [1.82, 2.24) is 0 Å². The fourth-order valence-corrected chi connectivity index (χ4v) is 5.46. The summed E-state index contributed by atoms with van der Waals surface area (Å²) in [4.78, 5) is 0. The van der Waals surface area contributed by atoms with Crippen molar-refractivity contribution in [1.29, 1.82) is 0 Å². The monoisotopic (exact) mass is 202 g/mol. The van der Waals surface area contributed by atoms with Crippen LogP contribution in [0.25, 0.3) is 0 Å². The zero-order valence-corrected chi connectivity index (χ0v) is 9.59. The van der Waals surface area contributed by atoms with E-state index in [9.17, 15) is 0 Å². The molecular weight excluding hydrogens is 188 g/mol. The van der Waals surface area contributed by atoms with Crippen LogP contribution in [0.3, 0.4) is 0 Å². The molecular formula is C9H15ClOSi. The van der Waals surface area contributed by atoms with E-state index in [2.05, 4.69) is 12.2 Å². The summed E-state index contributed by atoms with van der Waals surface area (Å²) in [5, 5.41) is 0.535. The first kappa shape index (κ1) is 8.79. The number of fused-ring (bicyclic) bond motifs is 2. The van der Waals surface area contributed by atoms with Crippen molar-refractivity contribution >= 4 is 21.1 Å². The van der Waals surface area contributed by atoms with Crippen molar-refractivity contribution in [2.45, 2.75) is 24.0 Å². The fraction of sp³-hybridized carbons (Fsp3) is 0.778. The smallest absolute Gasteiger partial charge is 0.0639 e. The number of hydrogen-bond donors (Lipinski definition) is 0. The van der Waals surface area contributed by atoms with Crippen LogP contribution in [0.2, 0.25) is 5.04 Å². The van der Waals surface area contributed by atoms with Gasteiger partial charge in [-0.05, 0) is 17.9 Å². The molecule has 0 aliphatic heterocycles. The Morgan fingerprint density at radius 1 is 1.67 bits per heavy atom. The van der Waals surface area contributed by atoms with Gasteiger partial charge in [-0.2, -0.15) is 0 Å². The second-order valence-electron chi connectivity index (χ2n) is 4.01. The highest BCUT2D eigenvalue weighted by atomic mass is 35.5. The number of halogens is 1. The van der Waals surface area contributed by atoms with Gasteiger partial charge in [0.15, 0.2) is 0 Å². The van der Waals surface area contributed by atoms with Crippen LogP contribution in [0.15, 0.2) is 12.2 Å². The molecule has 2 aliphatic rings. The predicted octanol–water partition coefficient (Wildman–Crippen LogP) is 1.50. The molecule has 0 saturated heterocycles. The van der Waals surface area contributed by atoms with Gasteiger partial charge in [0, 0.05) is 28.1 Å². The summed E-state index contributed by atoms with van der Waals surface area (Å²) in [6, 6.07) is 0. The minimum absolute atomic E-state index is 0.110. The van der Waals surface area contributed by atoms with E-state index in [1.54, 1.807) is 0 Å². The van der Waals surface area contributed by atoms with E-state index in [0.717, 1.165) is 5.50 Å². The van der Waals surface area contributed by atoms with Crippen LogP contribution in [-0.2, 0) is 4.74 Å². The molecule has 1 saturated carbocycles. The Morgan fingerprint density at radius 2 is 2.50 bits per heavy atom. The van der Waals surface area contributed by atoms with Crippen molar-refractivity contribution in [3.63, 3.8) is 0 Å². The van der Waals surface area contributed by atoms with Crippen LogP contribution < -0.4 is 0 Å². The second kappa shape index (κ2) is 3.16. The molecule has 68 valence electrons. The predicted molar refractivity (Wildman–Crippen MR) is 54.6 cm³/mol. The molecule has 0 aromatic rings. The van der Waals surface area contributed by atoms with E-state index in [1.165, 1.54) is 12.8 Å². The molecule has 3 atom stereocenters. The van der Waals surface area contributed by atoms with E-state index in [-0.39, 0.29) is 9.52 Å². The number of alkyl halides is 1. The van der Waals surface area contributed by atoms with E-state index < -0.39 is 0 Å². The average Bonchev–Trinajstić information content (AvgIpc) is 2.61. The van der Waals surface area contributed by atoms with Gasteiger partial charge in [0.1, 0.15) is 0 Å². The SMILES string of the molecule is COC1CC2([SiH2]CCl)C=CC1C2. The van der Waals surface area contributed by atoms with E-state index in [0.29, 0.717) is 17.1 Å². The third-order valence-electron chi connectivity index (χ3n) is 3.32. The largest absolute Gasteiger partial charge is 0.381 e. The molecule has 3 unspecified atom stereocenters. The van der Waals surface area contributed by atoms with Crippen LogP contribution >= 0.6 is 11.6 Å². The number of hydrogen-bond acceptors (Lipinski definition) is 1. The van der Waals surface area contributed by atoms with Gasteiger partial charge in [-0.25, -0.2) is 0 Å². The molecule has 0 aromatic heterocycles. The number of ether oxygens (including phenoxy) is 1. The van der Waals surface area contributed by atoms with Crippen LogP contribution in [0.5, 0.6) is 0 Å². The highest BCUT2D eigenvalue weighted by Gasteiger charge is 2.46. The van der Waals surface area contributed by atoms with Crippen molar-refractivity contribution in [3.8, 4) is 0 Å². The first-order chi connectivity index (χ1) is 5.79. The zero-order valence-electron chi connectivity index (χ0n) is 7.42. The standard InChI is InChI=1S/C9H15ClOSi/c1-11-8-5-9(12-6-10)3-2-7(8)4-9/h2-3,7-8H,4-6,12H2,1H3. The fourth-order valence-electron chi connectivity index (χ4n) is 2.63. The number of methoxy groups -OCH3 is 1. The van der Waals surface area contributed by atoms with Crippen molar-refractivity contribution < 1.29 is 4.74 Å². The quantitative estimate of drug-likeness (QED) is 0.383. The van der Waals surface area contributed by atoms with Gasteiger partial charge in [-0.1, -0.05) is 12.2 Å². The van der Waals surface area contributed by atoms with Gasteiger partial charge >= 0.3 is 0 Å². The molecule has 2 rings (SSSR count). The molecule has 0 N–H and O–H groups in total. The molecule has 0 amide bonds. The average molecular weight is 203 g/mol. The Bertz CT molecular complexity index is 207. The van der Waals surface area contributed by atoms with E-state index >= 15 is 0 Å². The van der Waals surface area contributed by atoms with Crippen LogP contribution in [0.1, 0.15) is 12.8 Å². The van der Waals surface area contributed by atoms with Crippen molar-refractivity contribution in [2.75, 3.05) is 12.6 Å².